The van der Waals surface area contributed by atoms with Gasteiger partial charge in [0.25, 0.3) is 0 Å². The van der Waals surface area contributed by atoms with Gasteiger partial charge in [-0.25, -0.2) is 9.97 Å². The fourth-order valence-electron chi connectivity index (χ4n) is 3.74. The van der Waals surface area contributed by atoms with Crippen LogP contribution in [-0.4, -0.2) is 15.9 Å². The van der Waals surface area contributed by atoms with Gasteiger partial charge in [0.2, 0.25) is 5.91 Å². The number of amides is 1. The topological polar surface area (TPSA) is 68.9 Å². The Bertz CT molecular complexity index is 1010. The van der Waals surface area contributed by atoms with Crippen molar-refractivity contribution >= 4 is 17.5 Å². The zero-order valence-electron chi connectivity index (χ0n) is 15.6. The van der Waals surface area contributed by atoms with Crippen LogP contribution in [0, 0.1) is 0 Å². The molecule has 0 atom stereocenters. The van der Waals surface area contributed by atoms with E-state index in [0.717, 1.165) is 53.2 Å². The van der Waals surface area contributed by atoms with Crippen molar-refractivity contribution < 1.29 is 4.79 Å². The van der Waals surface area contributed by atoms with Crippen molar-refractivity contribution in [3.63, 3.8) is 0 Å². The number of nitrogens with zero attached hydrogens (tertiary/aromatic N) is 2. The molecule has 5 heteroatoms. The average molecular weight is 392 g/mol. The van der Waals surface area contributed by atoms with Crippen LogP contribution in [0.1, 0.15) is 40.9 Å². The summed E-state index contributed by atoms with van der Waals surface area (Å²) in [4.78, 5) is 20.9. The second kappa shape index (κ2) is 8.11. The highest BCUT2D eigenvalue weighted by molar-refractivity contribution is 6.30. The number of hydrogen-bond donors (Lipinski definition) is 1. The van der Waals surface area contributed by atoms with Gasteiger partial charge in [0, 0.05) is 22.7 Å². The zero-order chi connectivity index (χ0) is 19.5. The van der Waals surface area contributed by atoms with Gasteiger partial charge in [-0.1, -0.05) is 48.0 Å². The molecule has 1 heterocycles. The van der Waals surface area contributed by atoms with Gasteiger partial charge in [-0.15, -0.1) is 0 Å². The predicted molar refractivity (Wildman–Crippen MR) is 111 cm³/mol. The third kappa shape index (κ3) is 4.23. The monoisotopic (exact) mass is 391 g/mol. The van der Waals surface area contributed by atoms with Gasteiger partial charge in [0.05, 0.1) is 12.1 Å². The van der Waals surface area contributed by atoms with Crippen molar-refractivity contribution in [2.75, 3.05) is 0 Å². The number of halogens is 1. The van der Waals surface area contributed by atoms with Crippen LogP contribution in [0.15, 0.2) is 48.5 Å². The van der Waals surface area contributed by atoms with E-state index in [9.17, 15) is 4.79 Å². The lowest BCUT2D eigenvalue weighted by molar-refractivity contribution is -0.117. The minimum atomic E-state index is -0.316. The molecular formula is C23H22ClN3O. The second-order valence-electron chi connectivity index (χ2n) is 7.27. The molecule has 1 aliphatic carbocycles. The minimum absolute atomic E-state index is 0.266. The summed E-state index contributed by atoms with van der Waals surface area (Å²) in [5.41, 5.74) is 11.9. The molecule has 1 aromatic heterocycles. The third-order valence-electron chi connectivity index (χ3n) is 5.12. The van der Waals surface area contributed by atoms with E-state index in [2.05, 4.69) is 12.1 Å². The van der Waals surface area contributed by atoms with Gasteiger partial charge in [0.15, 0.2) is 5.82 Å². The van der Waals surface area contributed by atoms with Crippen LogP contribution < -0.4 is 5.73 Å². The first-order valence-electron chi connectivity index (χ1n) is 9.59. The molecule has 1 aliphatic rings. The molecule has 0 bridgehead atoms. The maximum absolute atomic E-state index is 11.1. The summed E-state index contributed by atoms with van der Waals surface area (Å²) in [6.45, 7) is 0. The van der Waals surface area contributed by atoms with Gasteiger partial charge in [-0.05, 0) is 54.5 Å². The smallest absolute Gasteiger partial charge is 0.221 e. The molecule has 0 unspecified atom stereocenters. The second-order valence-corrected chi connectivity index (χ2v) is 7.71. The molecule has 1 amide bonds. The molecule has 0 spiro atoms. The first-order valence-corrected chi connectivity index (χ1v) is 9.97. The van der Waals surface area contributed by atoms with Crippen LogP contribution in [-0.2, 0) is 30.5 Å². The summed E-state index contributed by atoms with van der Waals surface area (Å²) in [5, 5.41) is 0.686. The van der Waals surface area contributed by atoms with E-state index in [1.165, 1.54) is 18.4 Å². The Hall–Kier alpha value is -2.72. The maximum Gasteiger partial charge on any atom is 0.221 e. The van der Waals surface area contributed by atoms with Gasteiger partial charge >= 0.3 is 0 Å². The van der Waals surface area contributed by atoms with E-state index >= 15 is 0 Å². The van der Waals surface area contributed by atoms with Crippen molar-refractivity contribution in [1.82, 2.24) is 9.97 Å². The molecule has 0 saturated carbocycles. The van der Waals surface area contributed by atoms with E-state index in [1.54, 1.807) is 0 Å². The number of rotatable bonds is 5. The Morgan fingerprint density at radius 3 is 2.50 bits per heavy atom. The predicted octanol–water partition coefficient (Wildman–Crippen LogP) is 4.29. The zero-order valence-corrected chi connectivity index (χ0v) is 16.4. The Balaban J connectivity index is 1.69. The number of aryl methyl sites for hydroxylation is 1. The summed E-state index contributed by atoms with van der Waals surface area (Å²) in [6, 6.07) is 15.7. The van der Waals surface area contributed by atoms with Crippen LogP contribution in [0.3, 0.4) is 0 Å². The van der Waals surface area contributed by atoms with Crippen LogP contribution in [0.25, 0.3) is 11.4 Å². The molecule has 142 valence electrons. The molecule has 0 saturated heterocycles. The Morgan fingerprint density at radius 1 is 1.00 bits per heavy atom. The molecule has 0 aliphatic heterocycles. The highest BCUT2D eigenvalue weighted by atomic mass is 35.5. The number of aromatic nitrogens is 2. The fraction of sp³-hybridized carbons (Fsp3) is 0.261. The van der Waals surface area contributed by atoms with E-state index in [4.69, 9.17) is 27.3 Å². The lowest BCUT2D eigenvalue weighted by atomic mass is 9.92. The Morgan fingerprint density at radius 2 is 1.75 bits per heavy atom. The fourth-order valence-corrected chi connectivity index (χ4v) is 3.93. The van der Waals surface area contributed by atoms with E-state index in [0.29, 0.717) is 5.02 Å². The van der Waals surface area contributed by atoms with E-state index in [-0.39, 0.29) is 12.3 Å². The molecule has 2 aromatic carbocycles. The first kappa shape index (κ1) is 18.6. The van der Waals surface area contributed by atoms with E-state index in [1.807, 2.05) is 36.4 Å². The van der Waals surface area contributed by atoms with Crippen molar-refractivity contribution in [2.24, 2.45) is 5.73 Å². The number of primary amides is 1. The summed E-state index contributed by atoms with van der Waals surface area (Å²) >= 11 is 6.17. The molecule has 2 N–H and O–H groups in total. The van der Waals surface area contributed by atoms with Gasteiger partial charge < -0.3 is 5.73 Å². The SMILES string of the molecule is NC(=O)Cc1ccc(Cc2nc(-c3cccc(Cl)c3)nc3c2CCCC3)cc1. The highest BCUT2D eigenvalue weighted by Gasteiger charge is 2.19. The number of nitrogens with two attached hydrogens (primary N) is 1. The van der Waals surface area contributed by atoms with Crippen LogP contribution >= 0.6 is 11.6 Å². The number of carbonyl (C=O) groups is 1. The van der Waals surface area contributed by atoms with Crippen molar-refractivity contribution in [3.05, 3.63) is 81.6 Å². The summed E-state index contributed by atoms with van der Waals surface area (Å²) in [7, 11) is 0. The number of fused-ring (bicyclic) bond motifs is 1. The maximum atomic E-state index is 11.1. The van der Waals surface area contributed by atoms with Crippen LogP contribution in [0.4, 0.5) is 0 Å². The van der Waals surface area contributed by atoms with Gasteiger partial charge in [0.1, 0.15) is 0 Å². The van der Waals surface area contributed by atoms with Crippen LogP contribution in [0.5, 0.6) is 0 Å². The molecule has 28 heavy (non-hydrogen) atoms. The standard InChI is InChI=1S/C23H22ClN3O/c24-18-5-3-4-17(14-18)23-26-20-7-2-1-6-19(20)21(27-23)12-15-8-10-16(11-9-15)13-22(25)28/h3-5,8-11,14H,1-2,6-7,12-13H2,(H2,25,28). The van der Waals surface area contributed by atoms with Crippen molar-refractivity contribution in [1.29, 1.82) is 0 Å². The largest absolute Gasteiger partial charge is 0.369 e. The van der Waals surface area contributed by atoms with E-state index < -0.39 is 0 Å². The third-order valence-corrected chi connectivity index (χ3v) is 5.36. The quantitative estimate of drug-likeness (QED) is 0.705. The molecule has 0 radical (unpaired) electrons. The average Bonchev–Trinajstić information content (AvgIpc) is 2.69. The van der Waals surface area contributed by atoms with Crippen LogP contribution in [0.2, 0.25) is 5.02 Å². The van der Waals surface area contributed by atoms with Crippen molar-refractivity contribution in [2.45, 2.75) is 38.5 Å². The molecule has 0 fully saturated rings. The van der Waals surface area contributed by atoms with Crippen molar-refractivity contribution in [3.8, 4) is 11.4 Å². The highest BCUT2D eigenvalue weighted by Crippen LogP contribution is 2.28. The molecule has 3 aromatic rings. The molecule has 4 nitrogen and oxygen atoms in total. The normalized spacial score (nSPS) is 13.2. The Kier molecular flexibility index (Phi) is 5.40. The number of benzene rings is 2. The Labute approximate surface area is 169 Å². The minimum Gasteiger partial charge on any atom is -0.369 e. The summed E-state index contributed by atoms with van der Waals surface area (Å²) in [6.07, 6.45) is 5.38. The summed E-state index contributed by atoms with van der Waals surface area (Å²) < 4.78 is 0. The summed E-state index contributed by atoms with van der Waals surface area (Å²) in [5.74, 6) is 0.423. The molecular weight excluding hydrogens is 370 g/mol. The van der Waals surface area contributed by atoms with Gasteiger partial charge in [-0.2, -0.15) is 0 Å². The lowest BCUT2D eigenvalue weighted by Gasteiger charge is -2.19. The molecule has 4 rings (SSSR count). The lowest BCUT2D eigenvalue weighted by Crippen LogP contribution is -2.14. The van der Waals surface area contributed by atoms with Gasteiger partial charge in [-0.3, -0.25) is 4.79 Å². The number of hydrogen-bond acceptors (Lipinski definition) is 3. The number of carbonyl (C=O) groups excluding carboxylic acids is 1. The first-order chi connectivity index (χ1) is 13.6.